The van der Waals surface area contributed by atoms with E-state index in [2.05, 4.69) is 0 Å². The molecule has 0 unspecified atom stereocenters. The summed E-state index contributed by atoms with van der Waals surface area (Å²) in [6, 6.07) is 9.61. The third-order valence-corrected chi connectivity index (χ3v) is 11.4. The second-order valence-corrected chi connectivity index (χ2v) is 14.5. The molecule has 6 rings (SSSR count). The Morgan fingerprint density at radius 3 is 2.28 bits per heavy atom. The summed E-state index contributed by atoms with van der Waals surface area (Å²) in [4.78, 5) is 40.5. The van der Waals surface area contributed by atoms with Gasteiger partial charge in [0, 0.05) is 50.0 Å². The van der Waals surface area contributed by atoms with E-state index in [9.17, 15) is 45.0 Å². The minimum atomic E-state index is -2.63. The summed E-state index contributed by atoms with van der Waals surface area (Å²) in [5.41, 5.74) is 5.49. The minimum absolute atomic E-state index is 0.0588. The summed E-state index contributed by atoms with van der Waals surface area (Å²) in [5.74, 6) is -6.91. The van der Waals surface area contributed by atoms with Crippen molar-refractivity contribution in [3.05, 3.63) is 75.1 Å². The molecule has 2 aromatic carbocycles. The molecule has 1 amide bonds. The van der Waals surface area contributed by atoms with Crippen molar-refractivity contribution >= 4 is 28.9 Å². The molecule has 12 nitrogen and oxygen atoms in total. The van der Waals surface area contributed by atoms with Crippen molar-refractivity contribution in [2.24, 2.45) is 23.5 Å². The number of rotatable bonds is 8. The van der Waals surface area contributed by atoms with Gasteiger partial charge in [0.05, 0.1) is 30.0 Å². The maximum Gasteiger partial charge on any atom is 0.255 e. The molecule has 2 aromatic rings. The van der Waals surface area contributed by atoms with Crippen LogP contribution in [0.25, 0.3) is 5.76 Å². The van der Waals surface area contributed by atoms with Crippen LogP contribution in [0.1, 0.15) is 60.9 Å². The Morgan fingerprint density at radius 1 is 1.00 bits per heavy atom. The van der Waals surface area contributed by atoms with Crippen LogP contribution in [0.2, 0.25) is 0 Å². The van der Waals surface area contributed by atoms with Gasteiger partial charge in [-0.15, -0.1) is 0 Å². The van der Waals surface area contributed by atoms with E-state index in [0.29, 0.717) is 36.8 Å². The molecule has 50 heavy (non-hydrogen) atoms. The number of ketones is 2. The third-order valence-electron chi connectivity index (χ3n) is 11.4. The smallest absolute Gasteiger partial charge is 0.255 e. The number of aromatic hydroxyl groups is 1. The summed E-state index contributed by atoms with van der Waals surface area (Å²) < 4.78 is 6.13. The summed E-state index contributed by atoms with van der Waals surface area (Å²) in [5, 5.41) is 67.4. The predicted octanol–water partition coefficient (Wildman–Crippen LogP) is 2.35. The van der Waals surface area contributed by atoms with Crippen LogP contribution in [0, 0.1) is 17.8 Å². The van der Waals surface area contributed by atoms with Crippen LogP contribution < -0.4 is 10.6 Å². The van der Waals surface area contributed by atoms with E-state index in [1.54, 1.807) is 0 Å². The Morgan fingerprint density at radius 2 is 1.64 bits per heavy atom. The molecule has 1 saturated heterocycles. The number of carbonyl (C=O) groups excluding carboxylic acids is 3. The first kappa shape index (κ1) is 35.6. The Labute approximate surface area is 290 Å². The SMILES string of the molecule is CC[C@H]1O[C@@H](Cc2ccccc2CCc2cc(N(C)C)c3c(c2O)C(O)=C2C(=O)[C@]4(O)C(O)=C(C(N)=O)C(=O)C[C@@H]4C[C@@H]2C3)[C@@H](O)[C@@H](C)[C@H]1O. The molecule has 8 N–H and O–H groups in total. The highest BCUT2D eigenvalue weighted by molar-refractivity contribution is 6.22. The van der Waals surface area contributed by atoms with E-state index < -0.39 is 70.3 Å². The number of phenols is 1. The number of phenolic OH excluding ortho intramolecular Hbond substituents is 1. The van der Waals surface area contributed by atoms with Crippen molar-refractivity contribution < 1.29 is 49.8 Å². The zero-order valence-corrected chi connectivity index (χ0v) is 28.7. The third kappa shape index (κ3) is 5.58. The van der Waals surface area contributed by atoms with Crippen molar-refractivity contribution in [2.45, 2.75) is 88.8 Å². The van der Waals surface area contributed by atoms with Gasteiger partial charge >= 0.3 is 0 Å². The number of Topliss-reactive ketones (excluding diaryl/α,β-unsaturated/α-hetero) is 2. The Hall–Kier alpha value is -4.23. The molecule has 8 atom stereocenters. The number of amides is 1. The van der Waals surface area contributed by atoms with Gasteiger partial charge in [0.1, 0.15) is 22.8 Å². The molecule has 12 heteroatoms. The van der Waals surface area contributed by atoms with Crippen molar-refractivity contribution in [1.82, 2.24) is 0 Å². The molecule has 1 heterocycles. The largest absolute Gasteiger partial charge is 0.508 e. The number of fused-ring (bicyclic) bond motifs is 3. The van der Waals surface area contributed by atoms with Gasteiger partial charge in [-0.2, -0.15) is 0 Å². The minimum Gasteiger partial charge on any atom is -0.508 e. The average Bonchev–Trinajstić information content (AvgIpc) is 3.06. The lowest BCUT2D eigenvalue weighted by Gasteiger charge is -2.46. The number of carbonyl (C=O) groups is 3. The van der Waals surface area contributed by atoms with Crippen LogP contribution in [-0.4, -0.2) is 92.2 Å². The quantitative estimate of drug-likeness (QED) is 0.200. The Bertz CT molecular complexity index is 1810. The molecule has 0 bridgehead atoms. The van der Waals surface area contributed by atoms with Crippen LogP contribution in [-0.2, 0) is 44.8 Å². The molecule has 4 aliphatic rings. The van der Waals surface area contributed by atoms with Crippen LogP contribution in [0.5, 0.6) is 5.75 Å². The molecular formula is C38H46N2O10. The number of nitrogens with zero attached hydrogens (tertiary/aromatic N) is 1. The highest BCUT2D eigenvalue weighted by atomic mass is 16.5. The van der Waals surface area contributed by atoms with Crippen molar-refractivity contribution in [1.29, 1.82) is 0 Å². The number of nitrogens with two attached hydrogens (primary N) is 1. The van der Waals surface area contributed by atoms with Crippen LogP contribution in [0.15, 0.2) is 47.2 Å². The number of hydrogen-bond acceptors (Lipinski definition) is 11. The molecule has 0 aromatic heterocycles. The van der Waals surface area contributed by atoms with Crippen LogP contribution in [0.4, 0.5) is 5.69 Å². The van der Waals surface area contributed by atoms with Crippen molar-refractivity contribution in [3.63, 3.8) is 0 Å². The highest BCUT2D eigenvalue weighted by Crippen LogP contribution is 2.53. The van der Waals surface area contributed by atoms with E-state index in [1.807, 2.05) is 63.2 Å². The number of aryl methyl sites for hydroxylation is 2. The Kier molecular flexibility index (Phi) is 9.36. The number of ether oxygens (including phenoxy) is 1. The topological polar surface area (TPSA) is 211 Å². The van der Waals surface area contributed by atoms with E-state index in [1.165, 1.54) is 0 Å². The zero-order chi connectivity index (χ0) is 36.4. The molecule has 3 aliphatic carbocycles. The van der Waals surface area contributed by atoms with Gasteiger partial charge in [0.15, 0.2) is 11.4 Å². The summed E-state index contributed by atoms with van der Waals surface area (Å²) in [7, 11) is 3.66. The second-order valence-electron chi connectivity index (χ2n) is 14.5. The highest BCUT2D eigenvalue weighted by Gasteiger charge is 2.60. The number of primary amides is 1. The van der Waals surface area contributed by atoms with Crippen LogP contribution >= 0.6 is 0 Å². The molecule has 0 spiro atoms. The van der Waals surface area contributed by atoms with E-state index in [0.717, 1.165) is 16.8 Å². The lowest BCUT2D eigenvalue weighted by atomic mass is 9.59. The number of aliphatic hydroxyl groups excluding tert-OH is 4. The van der Waals surface area contributed by atoms with Crippen LogP contribution in [0.3, 0.4) is 0 Å². The molecule has 0 radical (unpaired) electrons. The lowest BCUT2D eigenvalue weighted by Crippen LogP contribution is -2.58. The van der Waals surface area contributed by atoms with Gasteiger partial charge in [0.2, 0.25) is 5.78 Å². The summed E-state index contributed by atoms with van der Waals surface area (Å²) >= 11 is 0. The zero-order valence-electron chi connectivity index (χ0n) is 28.7. The standard InChI is InChI=1S/C38H46N2O10/c1-5-26-31(42)17(2)32(43)27(50-26)15-19-9-7-6-8-18(19)10-11-20-14-24(40(3)4)23-13-21-12-22-16-25(41)30(37(39)48)36(47)38(22,49)35(46)28(21)34(45)29(23)33(20)44/h6-9,14,17,21-22,26-27,31-32,42-45,47,49H,5,10-13,15-16H2,1-4H3,(H2,39,48)/t17-,21+,22-,26+,27-,31+,32-,38-/m0/s1. The fraction of sp³-hybridized carbons (Fsp3) is 0.500. The van der Waals surface area contributed by atoms with Gasteiger partial charge in [-0.05, 0) is 66.3 Å². The number of benzene rings is 2. The first-order chi connectivity index (χ1) is 23.6. The molecule has 2 fully saturated rings. The number of hydrogen-bond donors (Lipinski definition) is 7. The maximum atomic E-state index is 14.0. The van der Waals surface area contributed by atoms with Crippen molar-refractivity contribution in [2.75, 3.05) is 19.0 Å². The monoisotopic (exact) mass is 690 g/mol. The molecule has 1 saturated carbocycles. The van der Waals surface area contributed by atoms with Gasteiger partial charge in [-0.1, -0.05) is 38.1 Å². The second kappa shape index (κ2) is 13.1. The molecule has 268 valence electrons. The predicted molar refractivity (Wildman–Crippen MR) is 183 cm³/mol. The molecule has 1 aliphatic heterocycles. The van der Waals surface area contributed by atoms with Gasteiger partial charge < -0.3 is 46.0 Å². The fourth-order valence-electron chi connectivity index (χ4n) is 8.57. The fourth-order valence-corrected chi connectivity index (χ4v) is 8.57. The number of aliphatic hydroxyl groups is 5. The van der Waals surface area contributed by atoms with Gasteiger partial charge in [0.25, 0.3) is 5.91 Å². The Balaban J connectivity index is 1.34. The normalized spacial score (nSPS) is 30.9. The maximum absolute atomic E-state index is 14.0. The molecular weight excluding hydrogens is 644 g/mol. The first-order valence-electron chi connectivity index (χ1n) is 17.2. The average molecular weight is 691 g/mol. The van der Waals surface area contributed by atoms with E-state index in [-0.39, 0.29) is 48.2 Å². The summed E-state index contributed by atoms with van der Waals surface area (Å²) in [6.07, 6.45) is -0.719. The van der Waals surface area contributed by atoms with E-state index in [4.69, 9.17) is 10.5 Å². The van der Waals surface area contributed by atoms with Gasteiger partial charge in [-0.25, -0.2) is 0 Å². The van der Waals surface area contributed by atoms with E-state index >= 15 is 0 Å². The number of anilines is 1. The first-order valence-corrected chi connectivity index (χ1v) is 17.2. The van der Waals surface area contributed by atoms with Gasteiger partial charge in [-0.3, -0.25) is 14.4 Å². The van der Waals surface area contributed by atoms with Crippen molar-refractivity contribution in [3.8, 4) is 5.75 Å². The summed E-state index contributed by atoms with van der Waals surface area (Å²) in [6.45, 7) is 3.76. The lowest BCUT2D eigenvalue weighted by molar-refractivity contribution is -0.195.